The molecule has 1 aliphatic carbocycles. The largest absolute Gasteiger partial charge is 0.464 e. The molecule has 0 atom stereocenters. The van der Waals surface area contributed by atoms with Gasteiger partial charge < -0.3 is 4.42 Å². The molecule has 0 saturated carbocycles. The van der Waals surface area contributed by atoms with Crippen LogP contribution in [0.25, 0.3) is 22.8 Å². The molecule has 0 fully saturated rings. The van der Waals surface area contributed by atoms with Crippen LogP contribution in [0.4, 0.5) is 0 Å². The van der Waals surface area contributed by atoms with Crippen molar-refractivity contribution in [3.8, 4) is 11.1 Å². The van der Waals surface area contributed by atoms with Gasteiger partial charge in [-0.2, -0.15) is 0 Å². The summed E-state index contributed by atoms with van der Waals surface area (Å²) in [5, 5.41) is 0.762. The van der Waals surface area contributed by atoms with Crippen LogP contribution in [0.1, 0.15) is 43.2 Å². The van der Waals surface area contributed by atoms with Crippen LogP contribution in [0.5, 0.6) is 0 Å². The summed E-state index contributed by atoms with van der Waals surface area (Å²) < 4.78 is 5.88. The molecule has 1 aromatic heterocycles. The van der Waals surface area contributed by atoms with Gasteiger partial charge >= 0.3 is 0 Å². The Balaban J connectivity index is 1.80. The van der Waals surface area contributed by atoms with Gasteiger partial charge in [-0.15, -0.1) is 0 Å². The molecular formula is C23H21ClO. The fourth-order valence-electron chi connectivity index (χ4n) is 3.54. The third-order valence-electron chi connectivity index (χ3n) is 4.82. The number of rotatable bonds is 2. The van der Waals surface area contributed by atoms with Gasteiger partial charge in [0.05, 0.1) is 6.26 Å². The van der Waals surface area contributed by atoms with E-state index in [2.05, 4.69) is 63.2 Å². The minimum absolute atomic E-state index is 0.0664. The fraction of sp³-hybridized carbons (Fsp3) is 0.217. The highest BCUT2D eigenvalue weighted by Crippen LogP contribution is 2.41. The van der Waals surface area contributed by atoms with E-state index in [1.165, 1.54) is 33.4 Å². The number of halogens is 1. The van der Waals surface area contributed by atoms with Gasteiger partial charge in [0, 0.05) is 22.6 Å². The molecule has 126 valence electrons. The van der Waals surface area contributed by atoms with E-state index >= 15 is 0 Å². The topological polar surface area (TPSA) is 13.1 Å². The maximum atomic E-state index is 6.04. The van der Waals surface area contributed by atoms with E-state index in [0.717, 1.165) is 17.2 Å². The highest BCUT2D eigenvalue weighted by molar-refractivity contribution is 6.30. The summed E-state index contributed by atoms with van der Waals surface area (Å²) in [6.07, 6.45) is 5.00. The van der Waals surface area contributed by atoms with Crippen molar-refractivity contribution in [2.45, 2.75) is 32.6 Å². The molecule has 2 heteroatoms. The maximum absolute atomic E-state index is 6.04. The third-order valence-corrected chi connectivity index (χ3v) is 5.07. The lowest BCUT2D eigenvalue weighted by atomic mass is 9.85. The zero-order chi connectivity index (χ0) is 17.6. The lowest BCUT2D eigenvalue weighted by molar-refractivity contribution is 0.523. The van der Waals surface area contributed by atoms with Crippen LogP contribution in [0, 0.1) is 0 Å². The van der Waals surface area contributed by atoms with Crippen molar-refractivity contribution in [1.29, 1.82) is 0 Å². The normalized spacial score (nSPS) is 13.7. The van der Waals surface area contributed by atoms with Gasteiger partial charge in [0.25, 0.3) is 0 Å². The molecule has 3 aromatic rings. The van der Waals surface area contributed by atoms with Crippen LogP contribution in [0.15, 0.2) is 59.2 Å². The first-order valence-corrected chi connectivity index (χ1v) is 8.98. The quantitative estimate of drug-likeness (QED) is 0.486. The van der Waals surface area contributed by atoms with E-state index in [4.69, 9.17) is 16.0 Å². The maximum Gasteiger partial charge on any atom is 0.133 e. The summed E-state index contributed by atoms with van der Waals surface area (Å²) >= 11 is 6.04. The number of benzene rings is 2. The molecule has 0 spiro atoms. The van der Waals surface area contributed by atoms with Crippen molar-refractivity contribution in [3.63, 3.8) is 0 Å². The fourth-order valence-corrected chi connectivity index (χ4v) is 3.67. The summed E-state index contributed by atoms with van der Waals surface area (Å²) in [6.45, 7) is 6.68. The molecule has 1 nitrogen and oxygen atoms in total. The minimum atomic E-state index is 0.0664. The number of furan rings is 1. The Morgan fingerprint density at radius 2 is 1.72 bits per heavy atom. The molecule has 2 aromatic carbocycles. The van der Waals surface area contributed by atoms with E-state index in [1.54, 1.807) is 6.26 Å². The molecular weight excluding hydrogens is 328 g/mol. The lowest BCUT2D eigenvalue weighted by Crippen LogP contribution is -2.12. The van der Waals surface area contributed by atoms with Crippen LogP contribution in [0.3, 0.4) is 0 Å². The number of allylic oxidation sites excluding steroid dienone is 1. The highest BCUT2D eigenvalue weighted by Gasteiger charge is 2.26. The van der Waals surface area contributed by atoms with Gasteiger partial charge in [0.1, 0.15) is 5.76 Å². The molecule has 0 bridgehead atoms. The second kappa shape index (κ2) is 5.93. The van der Waals surface area contributed by atoms with Crippen LogP contribution in [-0.2, 0) is 11.8 Å². The second-order valence-electron chi connectivity index (χ2n) is 7.65. The smallest absolute Gasteiger partial charge is 0.133 e. The van der Waals surface area contributed by atoms with Gasteiger partial charge in [0.2, 0.25) is 0 Å². The van der Waals surface area contributed by atoms with Crippen molar-refractivity contribution in [3.05, 3.63) is 82.3 Å². The van der Waals surface area contributed by atoms with Crippen molar-refractivity contribution in [2.24, 2.45) is 0 Å². The molecule has 0 aliphatic heterocycles. The predicted molar refractivity (Wildman–Crippen MR) is 106 cm³/mol. The lowest BCUT2D eigenvalue weighted by Gasteiger charge is -2.18. The Morgan fingerprint density at radius 3 is 2.44 bits per heavy atom. The molecule has 1 heterocycles. The van der Waals surface area contributed by atoms with Gasteiger partial charge in [-0.3, -0.25) is 0 Å². The third kappa shape index (κ3) is 2.94. The molecule has 0 unspecified atom stereocenters. The van der Waals surface area contributed by atoms with E-state index in [-0.39, 0.29) is 5.41 Å². The summed E-state index contributed by atoms with van der Waals surface area (Å²) in [7, 11) is 0. The van der Waals surface area contributed by atoms with Gasteiger partial charge in [-0.05, 0) is 51.9 Å². The molecule has 4 rings (SSSR count). The van der Waals surface area contributed by atoms with Crippen LogP contribution >= 0.6 is 11.6 Å². The monoisotopic (exact) mass is 348 g/mol. The molecule has 1 aliphatic rings. The Morgan fingerprint density at radius 1 is 0.960 bits per heavy atom. The van der Waals surface area contributed by atoms with Gasteiger partial charge in [-0.25, -0.2) is 0 Å². The molecule has 0 amide bonds. The zero-order valence-electron chi connectivity index (χ0n) is 14.8. The van der Waals surface area contributed by atoms with Crippen molar-refractivity contribution in [1.82, 2.24) is 0 Å². The highest BCUT2D eigenvalue weighted by atomic mass is 35.5. The molecule has 0 N–H and O–H groups in total. The minimum Gasteiger partial charge on any atom is -0.464 e. The van der Waals surface area contributed by atoms with Crippen molar-refractivity contribution in [2.75, 3.05) is 0 Å². The first-order valence-electron chi connectivity index (χ1n) is 8.60. The van der Waals surface area contributed by atoms with Gasteiger partial charge in [-0.1, -0.05) is 62.7 Å². The average molecular weight is 349 g/mol. The Bertz CT molecular complexity index is 953. The van der Waals surface area contributed by atoms with Crippen molar-refractivity contribution >= 4 is 23.3 Å². The predicted octanol–water partition coefficient (Wildman–Crippen LogP) is 6.99. The standard InChI is InChI=1S/C23H21ClO/c1-23(2,3)21-11-12-25-22(21)17-13-16-5-4-6-19(20(16)14-17)15-7-9-18(24)10-8-15/h4-12,14H,13H2,1-3H3. The summed E-state index contributed by atoms with van der Waals surface area (Å²) in [4.78, 5) is 0. The van der Waals surface area contributed by atoms with Crippen molar-refractivity contribution < 1.29 is 4.42 Å². The summed E-state index contributed by atoms with van der Waals surface area (Å²) in [5.74, 6) is 1.02. The van der Waals surface area contributed by atoms with Gasteiger partial charge in [0.15, 0.2) is 0 Å². The molecule has 25 heavy (non-hydrogen) atoms. The first-order chi connectivity index (χ1) is 11.9. The Kier molecular flexibility index (Phi) is 3.85. The Labute approximate surface area is 154 Å². The zero-order valence-corrected chi connectivity index (χ0v) is 15.5. The first kappa shape index (κ1) is 16.2. The number of hydrogen-bond acceptors (Lipinski definition) is 1. The van der Waals surface area contributed by atoms with E-state index in [1.807, 2.05) is 12.1 Å². The summed E-state index contributed by atoms with van der Waals surface area (Å²) in [6, 6.07) is 16.7. The van der Waals surface area contributed by atoms with Crippen LogP contribution in [-0.4, -0.2) is 0 Å². The SMILES string of the molecule is CC(C)(C)c1ccoc1C1=Cc2c(cccc2-c2ccc(Cl)cc2)C1. The number of hydrogen-bond donors (Lipinski definition) is 0. The van der Waals surface area contributed by atoms with E-state index < -0.39 is 0 Å². The second-order valence-corrected chi connectivity index (χ2v) is 8.08. The Hall–Kier alpha value is -2.25. The van der Waals surface area contributed by atoms with Crippen LogP contribution in [0.2, 0.25) is 5.02 Å². The molecule has 0 radical (unpaired) electrons. The van der Waals surface area contributed by atoms with E-state index in [9.17, 15) is 0 Å². The summed E-state index contributed by atoms with van der Waals surface area (Å²) in [5.41, 5.74) is 7.65. The van der Waals surface area contributed by atoms with E-state index in [0.29, 0.717) is 0 Å². The number of fused-ring (bicyclic) bond motifs is 1. The van der Waals surface area contributed by atoms with Crippen LogP contribution < -0.4 is 0 Å². The molecule has 0 saturated heterocycles. The average Bonchev–Trinajstić information content (AvgIpc) is 3.21.